The molecule has 1 amide bonds. The van der Waals surface area contributed by atoms with E-state index in [1.54, 1.807) is 29.7 Å². The fraction of sp³-hybridized carbons (Fsp3) is 0.481. The Hall–Kier alpha value is -3.53. The number of carbonyl (C=O) groups is 1. The lowest BCUT2D eigenvalue weighted by atomic mass is 9.96. The first-order chi connectivity index (χ1) is 17.7. The molecule has 4 aromatic rings. The van der Waals surface area contributed by atoms with Crippen LogP contribution < -0.4 is 4.90 Å². The molecular weight excluding hydrogens is 471 g/mol. The van der Waals surface area contributed by atoms with Gasteiger partial charge in [-0.25, -0.2) is 18.9 Å². The Bertz CT molecular complexity index is 1450. The van der Waals surface area contributed by atoms with Crippen LogP contribution in [0.3, 0.4) is 0 Å². The molecule has 10 heteroatoms. The summed E-state index contributed by atoms with van der Waals surface area (Å²) in [6.45, 7) is 7.95. The number of carbonyl (C=O) groups excluding carboxylic acids is 1. The molecule has 9 nitrogen and oxygen atoms in total. The SMILES string of the molecule is Cc1cc(-c2[nH]c3cnc(N4CCC(N(C)CC(=O)N(C)C)CC4)c(F)c3c2C(C)C)cn2ncnc12. The summed E-state index contributed by atoms with van der Waals surface area (Å²) in [5, 5.41) is 4.90. The van der Waals surface area contributed by atoms with Crippen LogP contribution in [0, 0.1) is 12.7 Å². The zero-order valence-corrected chi connectivity index (χ0v) is 22.4. The lowest BCUT2D eigenvalue weighted by Gasteiger charge is -2.37. The second-order valence-corrected chi connectivity index (χ2v) is 10.6. The number of rotatable bonds is 6. The van der Waals surface area contributed by atoms with E-state index in [4.69, 9.17) is 0 Å². The van der Waals surface area contributed by atoms with Crippen LogP contribution in [0.5, 0.6) is 0 Å². The number of H-pyrrole nitrogens is 1. The number of aryl methyl sites for hydroxylation is 1. The first-order valence-corrected chi connectivity index (χ1v) is 12.8. The molecule has 0 spiro atoms. The molecule has 0 aliphatic carbocycles. The van der Waals surface area contributed by atoms with E-state index in [2.05, 4.69) is 44.9 Å². The molecule has 0 saturated carbocycles. The molecule has 1 N–H and O–H groups in total. The third-order valence-electron chi connectivity index (χ3n) is 7.50. The van der Waals surface area contributed by atoms with E-state index in [9.17, 15) is 4.79 Å². The highest BCUT2D eigenvalue weighted by Crippen LogP contribution is 2.39. The van der Waals surface area contributed by atoms with Crippen LogP contribution in [0.15, 0.2) is 24.8 Å². The smallest absolute Gasteiger partial charge is 0.236 e. The molecule has 1 aliphatic heterocycles. The molecule has 1 saturated heterocycles. The fourth-order valence-corrected chi connectivity index (χ4v) is 5.42. The summed E-state index contributed by atoms with van der Waals surface area (Å²) < 4.78 is 17.9. The molecule has 5 rings (SSSR count). The maximum Gasteiger partial charge on any atom is 0.236 e. The number of piperidine rings is 1. The van der Waals surface area contributed by atoms with Gasteiger partial charge in [0.05, 0.1) is 24.0 Å². The minimum Gasteiger partial charge on any atom is -0.354 e. The van der Waals surface area contributed by atoms with Gasteiger partial charge in [0.1, 0.15) is 6.33 Å². The number of aromatic nitrogens is 5. The van der Waals surface area contributed by atoms with E-state index >= 15 is 4.39 Å². The van der Waals surface area contributed by atoms with E-state index in [0.29, 0.717) is 36.4 Å². The van der Waals surface area contributed by atoms with Gasteiger partial charge in [0.2, 0.25) is 5.91 Å². The van der Waals surface area contributed by atoms with Gasteiger partial charge >= 0.3 is 0 Å². The third-order valence-corrected chi connectivity index (χ3v) is 7.50. The third kappa shape index (κ3) is 4.54. The van der Waals surface area contributed by atoms with Crippen LogP contribution in [0.1, 0.15) is 43.7 Å². The number of nitrogens with zero attached hydrogens (tertiary/aromatic N) is 7. The topological polar surface area (TPSA) is 85.7 Å². The number of hydrogen-bond donors (Lipinski definition) is 1. The highest BCUT2D eigenvalue weighted by molar-refractivity contribution is 5.93. The maximum atomic E-state index is 16.2. The molecule has 0 radical (unpaired) electrons. The number of likely N-dealkylation sites (N-methyl/N-ethyl adjacent to an activating group) is 2. The van der Waals surface area contributed by atoms with Gasteiger partial charge in [-0.15, -0.1) is 0 Å². The Morgan fingerprint density at radius 1 is 1.22 bits per heavy atom. The van der Waals surface area contributed by atoms with Crippen molar-refractivity contribution >= 4 is 28.3 Å². The second kappa shape index (κ2) is 9.74. The summed E-state index contributed by atoms with van der Waals surface area (Å²) in [6, 6.07) is 2.35. The molecule has 0 bridgehead atoms. The summed E-state index contributed by atoms with van der Waals surface area (Å²) in [7, 11) is 5.53. The Balaban J connectivity index is 1.46. The Morgan fingerprint density at radius 3 is 2.62 bits per heavy atom. The van der Waals surface area contributed by atoms with E-state index < -0.39 is 0 Å². The van der Waals surface area contributed by atoms with Gasteiger partial charge in [0, 0.05) is 50.4 Å². The first-order valence-electron chi connectivity index (χ1n) is 12.8. The minimum absolute atomic E-state index is 0.0886. The van der Waals surface area contributed by atoms with Crippen LogP contribution >= 0.6 is 0 Å². The largest absolute Gasteiger partial charge is 0.354 e. The minimum atomic E-state index is -0.281. The number of fused-ring (bicyclic) bond motifs is 2. The summed E-state index contributed by atoms with van der Waals surface area (Å²) in [4.78, 5) is 30.2. The van der Waals surface area contributed by atoms with Crippen molar-refractivity contribution in [2.24, 2.45) is 0 Å². The monoisotopic (exact) mass is 506 g/mol. The van der Waals surface area contributed by atoms with Crippen LogP contribution in [0.25, 0.3) is 27.8 Å². The molecular formula is C27H35FN8O. The Labute approximate surface area is 216 Å². The lowest BCUT2D eigenvalue weighted by Crippen LogP contribution is -2.46. The molecule has 4 aromatic heterocycles. The van der Waals surface area contributed by atoms with Crippen molar-refractivity contribution < 1.29 is 9.18 Å². The lowest BCUT2D eigenvalue weighted by molar-refractivity contribution is -0.130. The average Bonchev–Trinajstić information content (AvgIpc) is 3.50. The second-order valence-electron chi connectivity index (χ2n) is 10.6. The van der Waals surface area contributed by atoms with Crippen LogP contribution in [0.4, 0.5) is 10.2 Å². The zero-order valence-electron chi connectivity index (χ0n) is 22.4. The summed E-state index contributed by atoms with van der Waals surface area (Å²) in [6.07, 6.45) is 6.92. The van der Waals surface area contributed by atoms with E-state index in [-0.39, 0.29) is 23.7 Å². The van der Waals surface area contributed by atoms with Gasteiger partial charge < -0.3 is 14.8 Å². The number of amides is 1. The normalized spacial score (nSPS) is 15.0. The van der Waals surface area contributed by atoms with E-state index in [0.717, 1.165) is 40.9 Å². The number of hydrogen-bond acceptors (Lipinski definition) is 6. The first kappa shape index (κ1) is 25.1. The van der Waals surface area contributed by atoms with E-state index in [1.807, 2.05) is 25.1 Å². The predicted octanol–water partition coefficient (Wildman–Crippen LogP) is 3.83. The van der Waals surface area contributed by atoms with Gasteiger partial charge in [-0.3, -0.25) is 9.69 Å². The number of pyridine rings is 2. The van der Waals surface area contributed by atoms with Crippen LogP contribution in [-0.2, 0) is 4.79 Å². The molecule has 0 aromatic carbocycles. The molecule has 1 fully saturated rings. The standard InChI is InChI=1S/C27H35FN8O/c1-16(2)22-23-20(32-25(22)18-11-17(3)26-30-15-31-36(26)13-18)12-29-27(24(23)28)35-9-7-19(8-10-35)34(6)14-21(37)33(4)5/h11-13,15-16,19,32H,7-10,14H2,1-6H3. The van der Waals surface area contributed by atoms with Gasteiger partial charge in [-0.05, 0) is 49.9 Å². The molecule has 196 valence electrons. The summed E-state index contributed by atoms with van der Waals surface area (Å²) in [5.41, 5.74) is 5.26. The predicted molar refractivity (Wildman–Crippen MR) is 143 cm³/mol. The quantitative estimate of drug-likeness (QED) is 0.428. The average molecular weight is 507 g/mol. The number of nitrogens with one attached hydrogen (secondary N) is 1. The molecule has 5 heterocycles. The number of anilines is 1. The van der Waals surface area contributed by atoms with Crippen LogP contribution in [-0.4, -0.2) is 87.1 Å². The summed E-state index contributed by atoms with van der Waals surface area (Å²) >= 11 is 0. The fourth-order valence-electron chi connectivity index (χ4n) is 5.42. The van der Waals surface area contributed by atoms with Crippen molar-refractivity contribution in [3.05, 3.63) is 41.7 Å². The highest BCUT2D eigenvalue weighted by Gasteiger charge is 2.28. The van der Waals surface area contributed by atoms with E-state index in [1.165, 1.54) is 6.33 Å². The molecule has 37 heavy (non-hydrogen) atoms. The maximum absolute atomic E-state index is 16.2. The number of aromatic amines is 1. The van der Waals surface area contributed by atoms with Crippen molar-refractivity contribution in [2.75, 3.05) is 45.7 Å². The Kier molecular flexibility index (Phi) is 6.61. The van der Waals surface area contributed by atoms with Crippen molar-refractivity contribution in [2.45, 2.75) is 45.6 Å². The zero-order chi connectivity index (χ0) is 26.4. The molecule has 0 atom stereocenters. The molecule has 1 aliphatic rings. The summed E-state index contributed by atoms with van der Waals surface area (Å²) in [5.74, 6) is 0.296. The van der Waals surface area contributed by atoms with Gasteiger partial charge in [0.15, 0.2) is 17.3 Å². The van der Waals surface area contributed by atoms with Crippen molar-refractivity contribution in [1.82, 2.24) is 34.4 Å². The Morgan fingerprint density at radius 2 is 1.95 bits per heavy atom. The molecule has 0 unspecified atom stereocenters. The van der Waals surface area contributed by atoms with Crippen molar-refractivity contribution in [1.29, 1.82) is 0 Å². The van der Waals surface area contributed by atoms with Gasteiger partial charge in [-0.2, -0.15) is 5.10 Å². The number of halogens is 1. The van der Waals surface area contributed by atoms with Gasteiger partial charge in [0.25, 0.3) is 0 Å². The highest BCUT2D eigenvalue weighted by atomic mass is 19.1. The van der Waals surface area contributed by atoms with Gasteiger partial charge in [-0.1, -0.05) is 13.8 Å². The van der Waals surface area contributed by atoms with Crippen LogP contribution in [0.2, 0.25) is 0 Å². The van der Waals surface area contributed by atoms with Crippen molar-refractivity contribution in [3.8, 4) is 11.3 Å². The van der Waals surface area contributed by atoms with Crippen molar-refractivity contribution in [3.63, 3.8) is 0 Å².